The standard InChI is InChI=1S/C18H23N5O3S/c1-5-10-23-17(13-8-6-7-9-14(13)26-4)20-21-18(23)27-12-15(24)19-11-16(25)22(2)3/h5-9H,1,10-12H2,2-4H3,(H,19,24). The van der Waals surface area contributed by atoms with Gasteiger partial charge in [0.1, 0.15) is 5.75 Å². The Hall–Kier alpha value is -2.81. The van der Waals surface area contributed by atoms with Crippen LogP contribution in [0.3, 0.4) is 0 Å². The molecule has 0 saturated carbocycles. The van der Waals surface area contributed by atoms with Gasteiger partial charge in [0.25, 0.3) is 0 Å². The molecule has 1 aromatic heterocycles. The van der Waals surface area contributed by atoms with Gasteiger partial charge in [-0.3, -0.25) is 14.2 Å². The van der Waals surface area contributed by atoms with E-state index in [9.17, 15) is 9.59 Å². The number of benzene rings is 1. The number of methoxy groups -OCH3 is 1. The first-order valence-corrected chi connectivity index (χ1v) is 9.23. The number of amides is 2. The topological polar surface area (TPSA) is 89.4 Å². The summed E-state index contributed by atoms with van der Waals surface area (Å²) < 4.78 is 7.27. The molecule has 1 aromatic carbocycles. The molecule has 0 spiro atoms. The van der Waals surface area contributed by atoms with E-state index in [4.69, 9.17) is 4.74 Å². The number of allylic oxidation sites excluding steroid dienone is 1. The van der Waals surface area contributed by atoms with Crippen LogP contribution in [0.25, 0.3) is 11.4 Å². The average molecular weight is 389 g/mol. The molecule has 8 nitrogen and oxygen atoms in total. The van der Waals surface area contributed by atoms with Gasteiger partial charge in [-0.25, -0.2) is 0 Å². The van der Waals surface area contributed by atoms with Gasteiger partial charge in [-0.05, 0) is 12.1 Å². The summed E-state index contributed by atoms with van der Waals surface area (Å²) in [6, 6.07) is 7.53. The van der Waals surface area contributed by atoms with Crippen LogP contribution in [0.1, 0.15) is 0 Å². The van der Waals surface area contributed by atoms with E-state index in [-0.39, 0.29) is 24.1 Å². The van der Waals surface area contributed by atoms with Crippen molar-refractivity contribution in [2.24, 2.45) is 0 Å². The van der Waals surface area contributed by atoms with Crippen LogP contribution >= 0.6 is 11.8 Å². The number of para-hydroxylation sites is 1. The summed E-state index contributed by atoms with van der Waals surface area (Å²) in [4.78, 5) is 25.0. The summed E-state index contributed by atoms with van der Waals surface area (Å²) in [6.07, 6.45) is 1.74. The number of rotatable bonds is 9. The number of carbonyl (C=O) groups excluding carboxylic acids is 2. The molecule has 0 aliphatic carbocycles. The molecule has 9 heteroatoms. The summed E-state index contributed by atoms with van der Waals surface area (Å²) in [7, 11) is 4.88. The van der Waals surface area contributed by atoms with Crippen molar-refractivity contribution in [3.05, 3.63) is 36.9 Å². The predicted molar refractivity (Wildman–Crippen MR) is 105 cm³/mol. The SMILES string of the molecule is C=CCn1c(SCC(=O)NCC(=O)N(C)C)nnc1-c1ccccc1OC. The Kier molecular flexibility index (Phi) is 7.42. The molecule has 1 heterocycles. The first-order chi connectivity index (χ1) is 13.0. The molecule has 0 saturated heterocycles. The zero-order chi connectivity index (χ0) is 19.8. The number of aromatic nitrogens is 3. The van der Waals surface area contributed by atoms with Crippen LogP contribution < -0.4 is 10.1 Å². The highest BCUT2D eigenvalue weighted by Crippen LogP contribution is 2.30. The molecule has 0 unspecified atom stereocenters. The van der Waals surface area contributed by atoms with Crippen LogP contribution in [0.15, 0.2) is 42.1 Å². The number of likely N-dealkylation sites (N-methyl/N-ethyl adjacent to an activating group) is 1. The third-order valence-electron chi connectivity index (χ3n) is 3.64. The number of hydrogen-bond acceptors (Lipinski definition) is 6. The van der Waals surface area contributed by atoms with E-state index in [1.807, 2.05) is 28.8 Å². The molecule has 0 radical (unpaired) electrons. The Labute approximate surface area is 162 Å². The molecule has 2 aromatic rings. The van der Waals surface area contributed by atoms with Gasteiger partial charge in [0.2, 0.25) is 11.8 Å². The smallest absolute Gasteiger partial charge is 0.241 e. The summed E-state index contributed by atoms with van der Waals surface area (Å²) in [5, 5.41) is 11.6. The summed E-state index contributed by atoms with van der Waals surface area (Å²) >= 11 is 1.25. The molecule has 1 N–H and O–H groups in total. The van der Waals surface area contributed by atoms with Crippen molar-refractivity contribution < 1.29 is 14.3 Å². The highest BCUT2D eigenvalue weighted by atomic mass is 32.2. The highest BCUT2D eigenvalue weighted by molar-refractivity contribution is 7.99. The lowest BCUT2D eigenvalue weighted by atomic mass is 10.2. The zero-order valence-electron chi connectivity index (χ0n) is 15.6. The predicted octanol–water partition coefficient (Wildman–Crippen LogP) is 1.44. The van der Waals surface area contributed by atoms with Gasteiger partial charge in [-0.2, -0.15) is 0 Å². The number of nitrogens with zero attached hydrogens (tertiary/aromatic N) is 4. The maximum Gasteiger partial charge on any atom is 0.241 e. The fraction of sp³-hybridized carbons (Fsp3) is 0.333. The average Bonchev–Trinajstić information content (AvgIpc) is 3.07. The molecule has 2 amide bonds. The molecule has 2 rings (SSSR count). The Morgan fingerprint density at radius 2 is 2.07 bits per heavy atom. The molecule has 0 aliphatic rings. The zero-order valence-corrected chi connectivity index (χ0v) is 16.5. The summed E-state index contributed by atoms with van der Waals surface area (Å²) in [5.41, 5.74) is 0.808. The third kappa shape index (κ3) is 5.33. The van der Waals surface area contributed by atoms with Gasteiger partial charge in [-0.1, -0.05) is 30.0 Å². The van der Waals surface area contributed by atoms with Crippen LogP contribution in [0.5, 0.6) is 5.75 Å². The Balaban J connectivity index is 2.12. The first kappa shape index (κ1) is 20.5. The van der Waals surface area contributed by atoms with Crippen LogP contribution in [0.2, 0.25) is 0 Å². The lowest BCUT2D eigenvalue weighted by Crippen LogP contribution is -2.37. The minimum Gasteiger partial charge on any atom is -0.496 e. The minimum atomic E-state index is -0.248. The second-order valence-corrected chi connectivity index (χ2v) is 6.70. The number of carbonyl (C=O) groups is 2. The number of nitrogens with one attached hydrogen (secondary N) is 1. The van der Waals surface area contributed by atoms with E-state index < -0.39 is 0 Å². The van der Waals surface area contributed by atoms with E-state index >= 15 is 0 Å². The molecule has 0 atom stereocenters. The largest absolute Gasteiger partial charge is 0.496 e. The molecule has 0 fully saturated rings. The normalized spacial score (nSPS) is 10.3. The maximum absolute atomic E-state index is 12.0. The van der Waals surface area contributed by atoms with Crippen molar-refractivity contribution >= 4 is 23.6 Å². The Bertz CT molecular complexity index is 819. The van der Waals surface area contributed by atoms with Gasteiger partial charge >= 0.3 is 0 Å². The van der Waals surface area contributed by atoms with Crippen LogP contribution in [-0.2, 0) is 16.1 Å². The van der Waals surface area contributed by atoms with E-state index in [1.54, 1.807) is 27.3 Å². The van der Waals surface area contributed by atoms with Gasteiger partial charge < -0.3 is 15.0 Å². The maximum atomic E-state index is 12.0. The third-order valence-corrected chi connectivity index (χ3v) is 4.61. The number of hydrogen-bond donors (Lipinski definition) is 1. The lowest BCUT2D eigenvalue weighted by Gasteiger charge is -2.11. The van der Waals surface area contributed by atoms with Gasteiger partial charge in [-0.15, -0.1) is 16.8 Å². The first-order valence-electron chi connectivity index (χ1n) is 8.25. The van der Waals surface area contributed by atoms with Crippen molar-refractivity contribution in [1.82, 2.24) is 25.0 Å². The minimum absolute atomic E-state index is 0.0296. The van der Waals surface area contributed by atoms with Crippen LogP contribution in [0, 0.1) is 0 Å². The van der Waals surface area contributed by atoms with Crippen molar-refractivity contribution in [1.29, 1.82) is 0 Å². The summed E-state index contributed by atoms with van der Waals surface area (Å²) in [6.45, 7) is 4.24. The van der Waals surface area contributed by atoms with E-state index in [2.05, 4.69) is 22.1 Å². The number of thioether (sulfide) groups is 1. The highest BCUT2D eigenvalue weighted by Gasteiger charge is 2.17. The van der Waals surface area contributed by atoms with Crippen LogP contribution in [-0.4, -0.2) is 65.0 Å². The molecule has 144 valence electrons. The van der Waals surface area contributed by atoms with Crippen molar-refractivity contribution in [3.63, 3.8) is 0 Å². The van der Waals surface area contributed by atoms with E-state index in [0.29, 0.717) is 23.3 Å². The Morgan fingerprint density at radius 1 is 1.33 bits per heavy atom. The van der Waals surface area contributed by atoms with Gasteiger partial charge in [0.05, 0.1) is 25.0 Å². The van der Waals surface area contributed by atoms with Crippen molar-refractivity contribution in [2.45, 2.75) is 11.7 Å². The van der Waals surface area contributed by atoms with Crippen LogP contribution in [0.4, 0.5) is 0 Å². The Morgan fingerprint density at radius 3 is 2.74 bits per heavy atom. The molecule has 0 aliphatic heterocycles. The molecular weight excluding hydrogens is 366 g/mol. The number of ether oxygens (including phenoxy) is 1. The molecule has 0 bridgehead atoms. The fourth-order valence-corrected chi connectivity index (χ4v) is 3.01. The lowest BCUT2D eigenvalue weighted by molar-refractivity contribution is -0.130. The second-order valence-electron chi connectivity index (χ2n) is 5.76. The van der Waals surface area contributed by atoms with Crippen molar-refractivity contribution in [2.75, 3.05) is 33.5 Å². The fourth-order valence-electron chi connectivity index (χ4n) is 2.23. The van der Waals surface area contributed by atoms with Gasteiger partial charge in [0, 0.05) is 20.6 Å². The molecular formula is C18H23N5O3S. The van der Waals surface area contributed by atoms with Gasteiger partial charge in [0.15, 0.2) is 11.0 Å². The molecule has 27 heavy (non-hydrogen) atoms. The summed E-state index contributed by atoms with van der Waals surface area (Å²) in [5.74, 6) is 1.04. The van der Waals surface area contributed by atoms with Crippen molar-refractivity contribution in [3.8, 4) is 17.1 Å². The monoisotopic (exact) mass is 389 g/mol. The van der Waals surface area contributed by atoms with E-state index in [1.165, 1.54) is 16.7 Å². The quantitative estimate of drug-likeness (QED) is 0.516. The second kappa shape index (κ2) is 9.77. The van der Waals surface area contributed by atoms with E-state index in [0.717, 1.165) is 5.56 Å².